The average molecular weight is 456 g/mol. The van der Waals surface area contributed by atoms with Gasteiger partial charge in [-0.1, -0.05) is 37.6 Å². The molecule has 0 bridgehead atoms. The lowest BCUT2D eigenvalue weighted by molar-refractivity contribution is -0.159. The zero-order valence-corrected chi connectivity index (χ0v) is 19.5. The topological polar surface area (TPSA) is 110 Å². The van der Waals surface area contributed by atoms with Crippen molar-refractivity contribution in [2.75, 3.05) is 40.3 Å². The smallest absolute Gasteiger partial charge is 0.414 e. The van der Waals surface area contributed by atoms with Gasteiger partial charge in [0, 0.05) is 30.6 Å². The van der Waals surface area contributed by atoms with E-state index in [1.807, 2.05) is 12.1 Å². The zero-order valence-electron chi connectivity index (χ0n) is 18.7. The van der Waals surface area contributed by atoms with Crippen LogP contribution in [0, 0.1) is 11.3 Å². The molecule has 2 rings (SSSR count). The van der Waals surface area contributed by atoms with Gasteiger partial charge in [0.05, 0.1) is 0 Å². The fraction of sp³-hybridized carbons (Fsp3) is 0.591. The number of nitrogens with zero attached hydrogens (tertiary/aromatic N) is 2. The Morgan fingerprint density at radius 1 is 1.10 bits per heavy atom. The number of rotatable bonds is 7. The van der Waals surface area contributed by atoms with Crippen LogP contribution in [0.25, 0.3) is 0 Å². The minimum atomic E-state index is -1.82. The van der Waals surface area contributed by atoms with Crippen molar-refractivity contribution in [3.8, 4) is 0 Å². The summed E-state index contributed by atoms with van der Waals surface area (Å²) in [6, 6.07) is 8.03. The molecule has 1 fully saturated rings. The highest BCUT2D eigenvalue weighted by Crippen LogP contribution is 2.21. The second kappa shape index (κ2) is 12.6. The molecule has 1 saturated heterocycles. The molecule has 3 N–H and O–H groups in total. The molecule has 1 amide bonds. The molecule has 1 heterocycles. The van der Waals surface area contributed by atoms with Crippen LogP contribution in [0.4, 0.5) is 0 Å². The van der Waals surface area contributed by atoms with Crippen LogP contribution >= 0.6 is 11.6 Å². The third kappa shape index (κ3) is 11.1. The van der Waals surface area contributed by atoms with Gasteiger partial charge >= 0.3 is 11.9 Å². The van der Waals surface area contributed by atoms with E-state index >= 15 is 0 Å². The number of hydrogen-bond acceptors (Lipinski definition) is 5. The van der Waals surface area contributed by atoms with Crippen molar-refractivity contribution in [2.24, 2.45) is 11.3 Å². The molecule has 0 radical (unpaired) electrons. The van der Waals surface area contributed by atoms with E-state index in [2.05, 4.69) is 55.2 Å². The number of carbonyl (C=O) groups excluding carboxylic acids is 1. The molecular formula is C22H34ClN3O5. The van der Waals surface area contributed by atoms with E-state index < -0.39 is 11.9 Å². The summed E-state index contributed by atoms with van der Waals surface area (Å²) in [4.78, 5) is 35.3. The molecule has 1 aromatic rings. The first-order valence-electron chi connectivity index (χ1n) is 10.2. The molecule has 0 saturated carbocycles. The fourth-order valence-electron chi connectivity index (χ4n) is 3.58. The largest absolute Gasteiger partial charge is 0.473 e. The molecule has 31 heavy (non-hydrogen) atoms. The Morgan fingerprint density at radius 2 is 1.61 bits per heavy atom. The molecule has 174 valence electrons. The first-order valence-corrected chi connectivity index (χ1v) is 10.6. The summed E-state index contributed by atoms with van der Waals surface area (Å²) in [6.45, 7) is 8.97. The maximum absolute atomic E-state index is 12.5. The van der Waals surface area contributed by atoms with Gasteiger partial charge in [0.1, 0.15) is 0 Å². The average Bonchev–Trinajstić information content (AvgIpc) is 2.68. The number of aliphatic carboxylic acids is 2. The van der Waals surface area contributed by atoms with Crippen molar-refractivity contribution < 1.29 is 24.6 Å². The van der Waals surface area contributed by atoms with Gasteiger partial charge in [-0.3, -0.25) is 9.69 Å². The van der Waals surface area contributed by atoms with Crippen LogP contribution in [0.2, 0.25) is 5.02 Å². The summed E-state index contributed by atoms with van der Waals surface area (Å²) in [6.07, 6.45) is 1.88. The number of carboxylic acids is 2. The maximum Gasteiger partial charge on any atom is 0.414 e. The Bertz CT molecular complexity index is 717. The molecule has 8 nitrogen and oxygen atoms in total. The highest BCUT2D eigenvalue weighted by atomic mass is 35.5. The van der Waals surface area contributed by atoms with Gasteiger partial charge in [0.15, 0.2) is 0 Å². The van der Waals surface area contributed by atoms with E-state index in [0.29, 0.717) is 0 Å². The molecule has 0 aliphatic carbocycles. The number of benzene rings is 1. The van der Waals surface area contributed by atoms with Crippen LogP contribution in [-0.4, -0.2) is 78.1 Å². The van der Waals surface area contributed by atoms with Crippen LogP contribution < -0.4 is 5.32 Å². The SMILES string of the molecule is CN(C)CC(C)(C)CNC(=O)C1CCN(Cc2ccc(Cl)cc2)CC1.O=C(O)C(=O)O. The molecular weight excluding hydrogens is 422 g/mol. The summed E-state index contributed by atoms with van der Waals surface area (Å²) < 4.78 is 0. The first-order chi connectivity index (χ1) is 14.4. The predicted octanol–water partition coefficient (Wildman–Crippen LogP) is 2.41. The van der Waals surface area contributed by atoms with E-state index in [9.17, 15) is 4.79 Å². The molecule has 9 heteroatoms. The molecule has 0 aromatic heterocycles. The number of piperidine rings is 1. The van der Waals surface area contributed by atoms with E-state index in [0.717, 1.165) is 50.6 Å². The monoisotopic (exact) mass is 455 g/mol. The predicted molar refractivity (Wildman–Crippen MR) is 120 cm³/mol. The minimum Gasteiger partial charge on any atom is -0.473 e. The number of likely N-dealkylation sites (tertiary alicyclic amines) is 1. The highest BCUT2D eigenvalue weighted by Gasteiger charge is 2.27. The van der Waals surface area contributed by atoms with E-state index in [1.54, 1.807) is 0 Å². The second-order valence-corrected chi connectivity index (χ2v) is 9.34. The van der Waals surface area contributed by atoms with E-state index in [1.165, 1.54) is 5.56 Å². The van der Waals surface area contributed by atoms with Gasteiger partial charge < -0.3 is 20.4 Å². The lowest BCUT2D eigenvalue weighted by atomic mass is 9.91. The number of hydrogen-bond donors (Lipinski definition) is 3. The Labute approximate surface area is 189 Å². The summed E-state index contributed by atoms with van der Waals surface area (Å²) >= 11 is 5.94. The molecule has 0 unspecified atom stereocenters. The van der Waals surface area contributed by atoms with Gasteiger partial charge in [0.2, 0.25) is 5.91 Å². The third-order valence-corrected chi connectivity index (χ3v) is 5.20. The molecule has 1 aliphatic heterocycles. The van der Waals surface area contributed by atoms with Crippen LogP contribution in [-0.2, 0) is 20.9 Å². The molecule has 0 spiro atoms. The number of amides is 1. The normalized spacial score (nSPS) is 15.2. The lowest BCUT2D eigenvalue weighted by Gasteiger charge is -2.33. The molecule has 1 aliphatic rings. The maximum atomic E-state index is 12.5. The number of halogens is 1. The Hall–Kier alpha value is -2.16. The lowest BCUT2D eigenvalue weighted by Crippen LogP contribution is -2.44. The highest BCUT2D eigenvalue weighted by molar-refractivity contribution is 6.30. The standard InChI is InChI=1S/C20H32ClN3O.C2H2O4/c1-20(2,15-23(3)4)14-22-19(25)17-9-11-24(12-10-17)13-16-5-7-18(21)8-6-16;3-1(4)2(5)6/h5-8,17H,9-15H2,1-4H3,(H,22,25);(H,3,4)(H,5,6). The van der Waals surface area contributed by atoms with E-state index in [4.69, 9.17) is 31.4 Å². The van der Waals surface area contributed by atoms with Gasteiger partial charge in [-0.2, -0.15) is 0 Å². The Balaban J connectivity index is 0.000000703. The van der Waals surface area contributed by atoms with Crippen LogP contribution in [0.1, 0.15) is 32.3 Å². The molecule has 1 aromatic carbocycles. The van der Waals surface area contributed by atoms with Crippen molar-refractivity contribution in [2.45, 2.75) is 33.2 Å². The summed E-state index contributed by atoms with van der Waals surface area (Å²) in [7, 11) is 4.14. The van der Waals surface area contributed by atoms with Crippen LogP contribution in [0.5, 0.6) is 0 Å². The Morgan fingerprint density at radius 3 is 2.06 bits per heavy atom. The summed E-state index contributed by atoms with van der Waals surface area (Å²) in [5.41, 5.74) is 1.37. The van der Waals surface area contributed by atoms with Crippen molar-refractivity contribution >= 4 is 29.4 Å². The Kier molecular flexibility index (Phi) is 11.0. The van der Waals surface area contributed by atoms with E-state index in [-0.39, 0.29) is 17.2 Å². The van der Waals surface area contributed by atoms with Crippen molar-refractivity contribution in [3.05, 3.63) is 34.9 Å². The van der Waals surface area contributed by atoms with Gasteiger partial charge in [-0.25, -0.2) is 9.59 Å². The first kappa shape index (κ1) is 26.9. The van der Waals surface area contributed by atoms with Crippen molar-refractivity contribution in [3.63, 3.8) is 0 Å². The number of nitrogens with one attached hydrogen (secondary N) is 1. The van der Waals surface area contributed by atoms with Crippen molar-refractivity contribution in [1.29, 1.82) is 0 Å². The fourth-order valence-corrected chi connectivity index (χ4v) is 3.71. The van der Waals surface area contributed by atoms with Crippen molar-refractivity contribution in [1.82, 2.24) is 15.1 Å². The van der Waals surface area contributed by atoms with Gasteiger partial charge in [-0.05, 0) is 63.1 Å². The van der Waals surface area contributed by atoms with Crippen LogP contribution in [0.15, 0.2) is 24.3 Å². The van der Waals surface area contributed by atoms with Gasteiger partial charge in [-0.15, -0.1) is 0 Å². The number of carbonyl (C=O) groups is 3. The minimum absolute atomic E-state index is 0.0917. The van der Waals surface area contributed by atoms with Crippen LogP contribution in [0.3, 0.4) is 0 Å². The van der Waals surface area contributed by atoms with Gasteiger partial charge in [0.25, 0.3) is 0 Å². The quantitative estimate of drug-likeness (QED) is 0.541. The number of carboxylic acid groups (broad SMARTS) is 2. The molecule has 0 atom stereocenters. The summed E-state index contributed by atoms with van der Waals surface area (Å²) in [5, 5.41) is 18.7. The third-order valence-electron chi connectivity index (χ3n) is 4.95. The zero-order chi connectivity index (χ0) is 23.6. The second-order valence-electron chi connectivity index (χ2n) is 8.91. The summed E-state index contributed by atoms with van der Waals surface area (Å²) in [5.74, 6) is -3.28.